The number of thiazole rings is 1. The van der Waals surface area contributed by atoms with Crippen molar-refractivity contribution in [2.75, 3.05) is 44.8 Å². The zero-order valence-electron chi connectivity index (χ0n) is 21.0. The summed E-state index contributed by atoms with van der Waals surface area (Å²) in [6.45, 7) is 9.99. The Bertz CT molecular complexity index is 1150. The van der Waals surface area contributed by atoms with E-state index in [4.69, 9.17) is 9.47 Å². The van der Waals surface area contributed by atoms with Gasteiger partial charge in [-0.05, 0) is 38.5 Å². The van der Waals surface area contributed by atoms with Crippen molar-refractivity contribution in [1.29, 1.82) is 0 Å². The molecule has 1 saturated heterocycles. The highest BCUT2D eigenvalue weighted by Gasteiger charge is 2.25. The van der Waals surface area contributed by atoms with Crippen LogP contribution in [-0.2, 0) is 4.74 Å². The molecule has 1 aliphatic heterocycles. The van der Waals surface area contributed by atoms with Gasteiger partial charge in [-0.2, -0.15) is 5.10 Å². The van der Waals surface area contributed by atoms with Gasteiger partial charge in [0.25, 0.3) is 0 Å². The number of nitrogens with one attached hydrogen (secondary N) is 1. The summed E-state index contributed by atoms with van der Waals surface area (Å²) in [7, 11) is 0. The first-order valence-electron chi connectivity index (χ1n) is 12.1. The van der Waals surface area contributed by atoms with Crippen LogP contribution in [0.25, 0.3) is 11.3 Å². The third kappa shape index (κ3) is 7.79. The van der Waals surface area contributed by atoms with Crippen LogP contribution < -0.4 is 10.2 Å². The van der Waals surface area contributed by atoms with Crippen LogP contribution >= 0.6 is 11.3 Å². The predicted octanol–water partition coefficient (Wildman–Crippen LogP) is 5.19. The minimum atomic E-state index is -0.468. The molecule has 190 valence electrons. The van der Waals surface area contributed by atoms with Gasteiger partial charge in [0.05, 0.1) is 11.9 Å². The van der Waals surface area contributed by atoms with Crippen molar-refractivity contribution in [3.8, 4) is 17.0 Å². The second-order valence-corrected chi connectivity index (χ2v) is 10.4. The van der Waals surface area contributed by atoms with E-state index in [9.17, 15) is 4.79 Å². The largest absolute Gasteiger partial charge is 0.492 e. The van der Waals surface area contributed by atoms with Crippen molar-refractivity contribution in [3.63, 3.8) is 0 Å². The number of hydrazone groups is 1. The van der Waals surface area contributed by atoms with E-state index in [0.29, 0.717) is 19.7 Å². The number of amides is 1. The van der Waals surface area contributed by atoms with Crippen LogP contribution in [0.5, 0.6) is 5.75 Å². The highest BCUT2D eigenvalue weighted by molar-refractivity contribution is 7.14. The van der Waals surface area contributed by atoms with Crippen molar-refractivity contribution in [3.05, 3.63) is 65.5 Å². The summed E-state index contributed by atoms with van der Waals surface area (Å²) in [4.78, 5) is 20.9. The van der Waals surface area contributed by atoms with Crippen LogP contribution in [0.4, 0.5) is 9.93 Å². The summed E-state index contributed by atoms with van der Waals surface area (Å²) in [5.74, 6) is 0.798. The van der Waals surface area contributed by atoms with E-state index < -0.39 is 5.60 Å². The van der Waals surface area contributed by atoms with Gasteiger partial charge in [-0.1, -0.05) is 42.5 Å². The minimum absolute atomic E-state index is 0.238. The topological polar surface area (TPSA) is 79.3 Å². The lowest BCUT2D eigenvalue weighted by Gasteiger charge is -2.35. The molecular weight excluding hydrogens is 474 g/mol. The monoisotopic (exact) mass is 507 g/mol. The van der Waals surface area contributed by atoms with Gasteiger partial charge in [-0.15, -0.1) is 11.3 Å². The van der Waals surface area contributed by atoms with Gasteiger partial charge < -0.3 is 14.4 Å². The van der Waals surface area contributed by atoms with E-state index in [1.165, 1.54) is 11.3 Å². The Kier molecular flexibility index (Phi) is 8.56. The lowest BCUT2D eigenvalue weighted by molar-refractivity contribution is 0.0137. The molecule has 3 aromatic rings. The molecule has 1 aromatic heterocycles. The fraction of sp³-hybridized carbons (Fsp3) is 0.370. The second kappa shape index (κ2) is 12.0. The van der Waals surface area contributed by atoms with Crippen LogP contribution in [-0.4, -0.2) is 72.0 Å². The molecular formula is C27H33N5O3S. The third-order valence-corrected chi connectivity index (χ3v) is 6.25. The quantitative estimate of drug-likeness (QED) is 0.334. The summed E-state index contributed by atoms with van der Waals surface area (Å²) in [6.07, 6.45) is 1.52. The number of ether oxygens (including phenoxy) is 2. The second-order valence-electron chi connectivity index (χ2n) is 9.50. The predicted molar refractivity (Wildman–Crippen MR) is 145 cm³/mol. The molecule has 36 heavy (non-hydrogen) atoms. The van der Waals surface area contributed by atoms with Crippen molar-refractivity contribution < 1.29 is 14.3 Å². The number of piperazine rings is 1. The van der Waals surface area contributed by atoms with Gasteiger partial charge in [-0.3, -0.25) is 10.3 Å². The molecule has 2 heterocycles. The molecule has 0 spiro atoms. The maximum absolute atomic E-state index is 12.2. The Morgan fingerprint density at radius 1 is 1.11 bits per heavy atom. The fourth-order valence-corrected chi connectivity index (χ4v) is 4.35. The number of carbonyl (C=O) groups is 1. The highest BCUT2D eigenvalue weighted by Crippen LogP contribution is 2.24. The molecule has 2 aromatic carbocycles. The Balaban J connectivity index is 1.19. The molecule has 1 fully saturated rings. The van der Waals surface area contributed by atoms with Crippen molar-refractivity contribution in [2.45, 2.75) is 26.4 Å². The van der Waals surface area contributed by atoms with Crippen LogP contribution in [0.2, 0.25) is 0 Å². The summed E-state index contributed by atoms with van der Waals surface area (Å²) in [5, 5.41) is 7.08. The number of hydrogen-bond donors (Lipinski definition) is 1. The smallest absolute Gasteiger partial charge is 0.410 e. The zero-order valence-corrected chi connectivity index (χ0v) is 21.8. The van der Waals surface area contributed by atoms with E-state index >= 15 is 0 Å². The normalized spacial score (nSPS) is 14.7. The van der Waals surface area contributed by atoms with E-state index in [1.807, 2.05) is 80.7 Å². The Morgan fingerprint density at radius 3 is 2.64 bits per heavy atom. The summed E-state index contributed by atoms with van der Waals surface area (Å²) < 4.78 is 11.4. The van der Waals surface area contributed by atoms with E-state index in [0.717, 1.165) is 47.3 Å². The van der Waals surface area contributed by atoms with Gasteiger partial charge >= 0.3 is 6.09 Å². The first-order chi connectivity index (χ1) is 17.4. The number of carbonyl (C=O) groups excluding carboxylic acids is 1. The average molecular weight is 508 g/mol. The SMILES string of the molecule is CC(C)(C)OC(=O)N1CCN(CCOc2cccc(C=NNc3nc(-c4ccccc4)cs3)c2)CC1. The van der Waals surface area contributed by atoms with Crippen LogP contribution in [0.1, 0.15) is 26.3 Å². The molecule has 0 aliphatic carbocycles. The number of anilines is 1. The van der Waals surface area contributed by atoms with E-state index in [-0.39, 0.29) is 6.09 Å². The first-order valence-corrected chi connectivity index (χ1v) is 13.0. The van der Waals surface area contributed by atoms with Gasteiger partial charge in [0.1, 0.15) is 18.0 Å². The average Bonchev–Trinajstić information content (AvgIpc) is 3.33. The fourth-order valence-electron chi connectivity index (χ4n) is 3.69. The maximum Gasteiger partial charge on any atom is 0.410 e. The number of aromatic nitrogens is 1. The van der Waals surface area contributed by atoms with E-state index in [1.54, 1.807) is 11.1 Å². The molecule has 0 saturated carbocycles. The molecule has 0 atom stereocenters. The highest BCUT2D eigenvalue weighted by atomic mass is 32.1. The molecule has 9 heteroatoms. The van der Waals surface area contributed by atoms with Gasteiger partial charge in [0.2, 0.25) is 5.13 Å². The molecule has 0 radical (unpaired) electrons. The van der Waals surface area contributed by atoms with Crippen LogP contribution in [0.3, 0.4) is 0 Å². The lowest BCUT2D eigenvalue weighted by atomic mass is 10.2. The number of nitrogens with zero attached hydrogens (tertiary/aromatic N) is 4. The molecule has 1 amide bonds. The summed E-state index contributed by atoms with van der Waals surface area (Å²) >= 11 is 1.52. The zero-order chi connectivity index (χ0) is 25.4. The molecule has 0 unspecified atom stereocenters. The number of rotatable bonds is 8. The summed E-state index contributed by atoms with van der Waals surface area (Å²) in [5.41, 5.74) is 5.49. The van der Waals surface area contributed by atoms with Gasteiger partial charge in [0.15, 0.2) is 0 Å². The maximum atomic E-state index is 12.2. The first kappa shape index (κ1) is 25.7. The standard InChI is InChI=1S/C27H33N5O3S/c1-27(2,3)35-26(33)32-14-12-31(13-15-32)16-17-34-23-11-7-8-21(18-23)19-28-30-25-29-24(20-36-25)22-9-5-4-6-10-22/h4-11,18-20H,12-17H2,1-3H3,(H,29,30). The minimum Gasteiger partial charge on any atom is -0.492 e. The number of hydrogen-bond acceptors (Lipinski definition) is 8. The van der Waals surface area contributed by atoms with Crippen LogP contribution in [0.15, 0.2) is 65.1 Å². The molecule has 1 N–H and O–H groups in total. The Labute approximate surface area is 216 Å². The molecule has 4 rings (SSSR count). The Morgan fingerprint density at radius 2 is 1.89 bits per heavy atom. The molecule has 0 bridgehead atoms. The van der Waals surface area contributed by atoms with Crippen molar-refractivity contribution >= 4 is 28.8 Å². The van der Waals surface area contributed by atoms with Crippen LogP contribution in [0, 0.1) is 0 Å². The van der Waals surface area contributed by atoms with E-state index in [2.05, 4.69) is 20.4 Å². The van der Waals surface area contributed by atoms with Gasteiger partial charge in [0, 0.05) is 43.7 Å². The molecule has 1 aliphatic rings. The molecule has 8 nitrogen and oxygen atoms in total. The lowest BCUT2D eigenvalue weighted by Crippen LogP contribution is -2.50. The van der Waals surface area contributed by atoms with Gasteiger partial charge in [-0.25, -0.2) is 9.78 Å². The summed E-state index contributed by atoms with van der Waals surface area (Å²) in [6, 6.07) is 17.9. The third-order valence-electron chi connectivity index (χ3n) is 5.51. The van der Waals surface area contributed by atoms with Crippen molar-refractivity contribution in [1.82, 2.24) is 14.8 Å². The Hall–Kier alpha value is -3.43. The van der Waals surface area contributed by atoms with Crippen molar-refractivity contribution in [2.24, 2.45) is 5.10 Å². The number of benzene rings is 2.